The molecule has 0 bridgehead atoms. The standard InChI is InChI=1S/C16H20N2O2S/c1-13-8-10-15(11-9-13)21(19,20)17-16-7-5-4-6-14(16)12-18(2)3/h4-11,17H,12H2,1-3H3. The van der Waals surface area contributed by atoms with Gasteiger partial charge in [-0.2, -0.15) is 0 Å². The van der Waals surface area contributed by atoms with Gasteiger partial charge in [0.05, 0.1) is 10.6 Å². The number of rotatable bonds is 5. The molecule has 0 amide bonds. The summed E-state index contributed by atoms with van der Waals surface area (Å²) in [5.41, 5.74) is 2.59. The maximum Gasteiger partial charge on any atom is 0.261 e. The van der Waals surface area contributed by atoms with Crippen LogP contribution in [-0.2, 0) is 16.6 Å². The van der Waals surface area contributed by atoms with E-state index in [9.17, 15) is 8.42 Å². The molecule has 2 rings (SSSR count). The van der Waals surface area contributed by atoms with Crippen LogP contribution in [0, 0.1) is 6.92 Å². The number of anilines is 1. The third kappa shape index (κ3) is 4.06. The minimum atomic E-state index is -3.56. The molecule has 21 heavy (non-hydrogen) atoms. The molecule has 0 atom stereocenters. The van der Waals surface area contributed by atoms with Crippen LogP contribution in [0.25, 0.3) is 0 Å². The SMILES string of the molecule is Cc1ccc(S(=O)(=O)Nc2ccccc2CN(C)C)cc1. The summed E-state index contributed by atoms with van der Waals surface area (Å²) in [6.07, 6.45) is 0. The van der Waals surface area contributed by atoms with Crippen LogP contribution in [0.5, 0.6) is 0 Å². The van der Waals surface area contributed by atoms with Gasteiger partial charge in [0.2, 0.25) is 0 Å². The molecule has 0 radical (unpaired) electrons. The Morgan fingerprint density at radius 2 is 1.62 bits per heavy atom. The van der Waals surface area contributed by atoms with E-state index >= 15 is 0 Å². The van der Waals surface area contributed by atoms with Crippen molar-refractivity contribution in [3.8, 4) is 0 Å². The van der Waals surface area contributed by atoms with E-state index in [2.05, 4.69) is 4.72 Å². The quantitative estimate of drug-likeness (QED) is 0.924. The van der Waals surface area contributed by atoms with Crippen LogP contribution in [0.4, 0.5) is 5.69 Å². The highest BCUT2D eigenvalue weighted by molar-refractivity contribution is 7.92. The molecule has 4 nitrogen and oxygen atoms in total. The maximum atomic E-state index is 12.4. The topological polar surface area (TPSA) is 49.4 Å². The zero-order valence-corrected chi connectivity index (χ0v) is 13.3. The van der Waals surface area contributed by atoms with Crippen LogP contribution < -0.4 is 4.72 Å². The fourth-order valence-corrected chi connectivity index (χ4v) is 3.12. The van der Waals surface area contributed by atoms with Gasteiger partial charge in [-0.3, -0.25) is 4.72 Å². The molecule has 0 saturated carbocycles. The molecule has 0 heterocycles. The average Bonchev–Trinajstić information content (AvgIpc) is 2.40. The lowest BCUT2D eigenvalue weighted by atomic mass is 10.2. The lowest BCUT2D eigenvalue weighted by molar-refractivity contribution is 0.403. The van der Waals surface area contributed by atoms with Gasteiger partial charge in [-0.25, -0.2) is 8.42 Å². The zero-order chi connectivity index (χ0) is 15.5. The van der Waals surface area contributed by atoms with Crippen molar-refractivity contribution in [3.63, 3.8) is 0 Å². The molecule has 0 aliphatic rings. The van der Waals surface area contributed by atoms with E-state index in [1.165, 1.54) is 0 Å². The van der Waals surface area contributed by atoms with Gasteiger partial charge < -0.3 is 4.90 Å². The largest absolute Gasteiger partial charge is 0.305 e. The predicted octanol–water partition coefficient (Wildman–Crippen LogP) is 2.86. The fourth-order valence-electron chi connectivity index (χ4n) is 2.02. The molecular weight excluding hydrogens is 284 g/mol. The Hall–Kier alpha value is -1.85. The highest BCUT2D eigenvalue weighted by Gasteiger charge is 2.15. The first kappa shape index (κ1) is 15.5. The second-order valence-electron chi connectivity index (χ2n) is 5.31. The van der Waals surface area contributed by atoms with Crippen molar-refractivity contribution < 1.29 is 8.42 Å². The predicted molar refractivity (Wildman–Crippen MR) is 85.8 cm³/mol. The van der Waals surface area contributed by atoms with Crippen molar-refractivity contribution in [1.29, 1.82) is 0 Å². The van der Waals surface area contributed by atoms with Crippen LogP contribution in [0.2, 0.25) is 0 Å². The number of nitrogens with one attached hydrogen (secondary N) is 1. The molecule has 5 heteroatoms. The Kier molecular flexibility index (Phi) is 4.65. The van der Waals surface area contributed by atoms with Crippen molar-refractivity contribution in [3.05, 3.63) is 59.7 Å². The first-order valence-corrected chi connectivity index (χ1v) is 8.19. The Labute approximate surface area is 126 Å². The lowest BCUT2D eigenvalue weighted by Crippen LogP contribution is -2.17. The lowest BCUT2D eigenvalue weighted by Gasteiger charge is -2.15. The number of hydrogen-bond acceptors (Lipinski definition) is 3. The summed E-state index contributed by atoms with van der Waals surface area (Å²) in [5.74, 6) is 0. The second kappa shape index (κ2) is 6.28. The summed E-state index contributed by atoms with van der Waals surface area (Å²) in [6, 6.07) is 14.3. The Morgan fingerprint density at radius 3 is 2.24 bits per heavy atom. The van der Waals surface area contributed by atoms with Crippen molar-refractivity contribution >= 4 is 15.7 Å². The third-order valence-electron chi connectivity index (χ3n) is 3.08. The molecule has 0 fully saturated rings. The third-order valence-corrected chi connectivity index (χ3v) is 4.46. The fraction of sp³-hybridized carbons (Fsp3) is 0.250. The highest BCUT2D eigenvalue weighted by Crippen LogP contribution is 2.21. The molecule has 0 unspecified atom stereocenters. The van der Waals surface area contributed by atoms with E-state index in [1.807, 2.05) is 44.1 Å². The number of nitrogens with zero attached hydrogens (tertiary/aromatic N) is 1. The zero-order valence-electron chi connectivity index (χ0n) is 12.5. The Balaban J connectivity index is 2.30. The number of aryl methyl sites for hydroxylation is 1. The molecule has 0 aliphatic heterocycles. The van der Waals surface area contributed by atoms with Crippen LogP contribution in [0.3, 0.4) is 0 Å². The van der Waals surface area contributed by atoms with E-state index in [-0.39, 0.29) is 4.90 Å². The van der Waals surface area contributed by atoms with Crippen LogP contribution in [0.15, 0.2) is 53.4 Å². The van der Waals surface area contributed by atoms with Gasteiger partial charge in [-0.15, -0.1) is 0 Å². The summed E-state index contributed by atoms with van der Waals surface area (Å²) < 4.78 is 27.5. The van der Waals surface area contributed by atoms with Gasteiger partial charge in [0.25, 0.3) is 10.0 Å². The normalized spacial score (nSPS) is 11.6. The summed E-state index contributed by atoms with van der Waals surface area (Å²) in [5, 5.41) is 0. The molecule has 0 aliphatic carbocycles. The highest BCUT2D eigenvalue weighted by atomic mass is 32.2. The van der Waals surface area contributed by atoms with Gasteiger partial charge in [0, 0.05) is 6.54 Å². The first-order valence-electron chi connectivity index (χ1n) is 6.70. The first-order chi connectivity index (χ1) is 9.88. The van der Waals surface area contributed by atoms with E-state index in [0.717, 1.165) is 11.1 Å². The minimum absolute atomic E-state index is 0.271. The van der Waals surface area contributed by atoms with Crippen LogP contribution in [-0.4, -0.2) is 27.4 Å². The van der Waals surface area contributed by atoms with Gasteiger partial charge in [-0.1, -0.05) is 35.9 Å². The van der Waals surface area contributed by atoms with E-state index in [4.69, 9.17) is 0 Å². The molecule has 1 N–H and O–H groups in total. The van der Waals surface area contributed by atoms with Crippen LogP contribution >= 0.6 is 0 Å². The van der Waals surface area contributed by atoms with E-state index in [1.54, 1.807) is 30.3 Å². The number of hydrogen-bond donors (Lipinski definition) is 1. The smallest absolute Gasteiger partial charge is 0.261 e. The van der Waals surface area contributed by atoms with Crippen LogP contribution in [0.1, 0.15) is 11.1 Å². The van der Waals surface area contributed by atoms with Crippen molar-refractivity contribution in [1.82, 2.24) is 4.90 Å². The summed E-state index contributed by atoms with van der Waals surface area (Å²) in [4.78, 5) is 2.27. The molecule has 2 aromatic carbocycles. The molecule has 0 saturated heterocycles. The second-order valence-corrected chi connectivity index (χ2v) is 7.00. The van der Waals surface area contributed by atoms with Gasteiger partial charge >= 0.3 is 0 Å². The summed E-state index contributed by atoms with van der Waals surface area (Å²) >= 11 is 0. The molecule has 0 spiro atoms. The van der Waals surface area contributed by atoms with Gasteiger partial charge in [-0.05, 0) is 44.8 Å². The van der Waals surface area contributed by atoms with E-state index < -0.39 is 10.0 Å². The summed E-state index contributed by atoms with van der Waals surface area (Å²) in [6.45, 7) is 2.60. The van der Waals surface area contributed by atoms with E-state index in [0.29, 0.717) is 12.2 Å². The molecule has 0 aromatic heterocycles. The Morgan fingerprint density at radius 1 is 1.00 bits per heavy atom. The molecular formula is C16H20N2O2S. The Bertz CT molecular complexity index is 707. The van der Waals surface area contributed by atoms with Crippen molar-refractivity contribution in [2.75, 3.05) is 18.8 Å². The monoisotopic (exact) mass is 304 g/mol. The number of benzene rings is 2. The van der Waals surface area contributed by atoms with Crippen molar-refractivity contribution in [2.24, 2.45) is 0 Å². The number of para-hydroxylation sites is 1. The van der Waals surface area contributed by atoms with Gasteiger partial charge in [0.1, 0.15) is 0 Å². The van der Waals surface area contributed by atoms with Gasteiger partial charge in [0.15, 0.2) is 0 Å². The average molecular weight is 304 g/mol. The molecule has 112 valence electrons. The van der Waals surface area contributed by atoms with Crippen molar-refractivity contribution in [2.45, 2.75) is 18.4 Å². The maximum absolute atomic E-state index is 12.4. The minimum Gasteiger partial charge on any atom is -0.305 e. The summed E-state index contributed by atoms with van der Waals surface area (Å²) in [7, 11) is 0.342. The molecule has 2 aromatic rings. The number of sulfonamides is 1.